The van der Waals surface area contributed by atoms with Crippen LogP contribution >= 0.6 is 0 Å². The van der Waals surface area contributed by atoms with Crippen LogP contribution in [0.25, 0.3) is 0 Å². The molecule has 5 nitrogen and oxygen atoms in total. The lowest BCUT2D eigenvalue weighted by Gasteiger charge is -2.13. The Hall–Kier alpha value is -1.76. The van der Waals surface area contributed by atoms with Crippen molar-refractivity contribution in [3.8, 4) is 0 Å². The molecule has 0 aliphatic rings. The number of nitrogens with two attached hydrogens (primary N) is 2. The number of halogens is 2. The number of pyridine rings is 1. The van der Waals surface area contributed by atoms with E-state index in [1.165, 1.54) is 6.20 Å². The first-order valence-corrected chi connectivity index (χ1v) is 5.41. The van der Waals surface area contributed by atoms with E-state index in [0.717, 1.165) is 0 Å². The lowest BCUT2D eigenvalue weighted by molar-refractivity contribution is -0.142. The molecule has 0 radical (unpaired) electrons. The van der Waals surface area contributed by atoms with Crippen molar-refractivity contribution in [1.82, 2.24) is 4.98 Å². The molecule has 1 aromatic rings. The normalized spacial score (nSPS) is 10.7. The molecule has 0 atom stereocenters. The number of rotatable bonds is 5. The molecule has 18 heavy (non-hydrogen) atoms. The Kier molecular flexibility index (Phi) is 4.96. The minimum absolute atomic E-state index is 0.0389. The van der Waals surface area contributed by atoms with Gasteiger partial charge in [-0.15, -0.1) is 0 Å². The highest BCUT2D eigenvalue weighted by molar-refractivity contribution is 5.74. The molecule has 0 aromatic carbocycles. The van der Waals surface area contributed by atoms with Gasteiger partial charge in [0.05, 0.1) is 18.7 Å². The van der Waals surface area contributed by atoms with Gasteiger partial charge in [0.1, 0.15) is 5.69 Å². The Morgan fingerprint density at radius 1 is 1.56 bits per heavy atom. The molecular formula is C11H15F2N3O2. The maximum absolute atomic E-state index is 12.6. The molecule has 4 N–H and O–H groups in total. The van der Waals surface area contributed by atoms with Gasteiger partial charge in [0.25, 0.3) is 6.43 Å². The van der Waals surface area contributed by atoms with E-state index in [-0.39, 0.29) is 25.3 Å². The Morgan fingerprint density at radius 3 is 2.72 bits per heavy atom. The van der Waals surface area contributed by atoms with Crippen molar-refractivity contribution in [3.05, 3.63) is 23.0 Å². The van der Waals surface area contributed by atoms with Crippen LogP contribution in [0.2, 0.25) is 0 Å². The summed E-state index contributed by atoms with van der Waals surface area (Å²) in [6, 6.07) is 0. The summed E-state index contributed by atoms with van der Waals surface area (Å²) in [6.45, 7) is 1.88. The molecule has 0 saturated heterocycles. The fourth-order valence-electron chi connectivity index (χ4n) is 1.56. The summed E-state index contributed by atoms with van der Waals surface area (Å²) in [5.41, 5.74) is 11.1. The Balaban J connectivity index is 3.07. The van der Waals surface area contributed by atoms with Crippen molar-refractivity contribution in [1.29, 1.82) is 0 Å². The van der Waals surface area contributed by atoms with Crippen LogP contribution in [-0.2, 0) is 22.5 Å². The lowest BCUT2D eigenvalue weighted by Crippen LogP contribution is -2.15. The second-order valence-corrected chi connectivity index (χ2v) is 3.55. The summed E-state index contributed by atoms with van der Waals surface area (Å²) in [4.78, 5) is 14.9. The first-order chi connectivity index (χ1) is 8.51. The average molecular weight is 259 g/mol. The maximum atomic E-state index is 12.6. The number of hydrogen-bond donors (Lipinski definition) is 2. The number of carbonyl (C=O) groups excluding carboxylic acids is 1. The van der Waals surface area contributed by atoms with Crippen LogP contribution in [0.5, 0.6) is 0 Å². The van der Waals surface area contributed by atoms with E-state index in [1.54, 1.807) is 6.92 Å². The third-order valence-electron chi connectivity index (χ3n) is 2.40. The van der Waals surface area contributed by atoms with Gasteiger partial charge in [0.15, 0.2) is 0 Å². The van der Waals surface area contributed by atoms with Gasteiger partial charge in [-0.2, -0.15) is 0 Å². The Bertz CT molecular complexity index is 439. The van der Waals surface area contributed by atoms with Crippen LogP contribution in [0.15, 0.2) is 6.20 Å². The zero-order valence-electron chi connectivity index (χ0n) is 9.95. The second-order valence-electron chi connectivity index (χ2n) is 3.55. The maximum Gasteiger partial charge on any atom is 0.310 e. The van der Waals surface area contributed by atoms with Crippen LogP contribution in [0, 0.1) is 0 Å². The smallest absolute Gasteiger partial charge is 0.310 e. The molecule has 0 saturated carbocycles. The quantitative estimate of drug-likeness (QED) is 0.774. The average Bonchev–Trinajstić information content (AvgIpc) is 2.29. The van der Waals surface area contributed by atoms with E-state index >= 15 is 0 Å². The zero-order chi connectivity index (χ0) is 13.7. The van der Waals surface area contributed by atoms with Crippen LogP contribution in [0.1, 0.15) is 30.2 Å². The molecule has 0 spiro atoms. The van der Waals surface area contributed by atoms with E-state index in [1.807, 2.05) is 0 Å². The van der Waals surface area contributed by atoms with E-state index in [9.17, 15) is 13.6 Å². The molecule has 0 amide bonds. The molecule has 0 aliphatic heterocycles. The number of hydrogen-bond acceptors (Lipinski definition) is 5. The van der Waals surface area contributed by atoms with Gasteiger partial charge in [-0.1, -0.05) is 0 Å². The number of esters is 1. The summed E-state index contributed by atoms with van der Waals surface area (Å²) in [7, 11) is 0. The molecule has 1 heterocycles. The van der Waals surface area contributed by atoms with Gasteiger partial charge >= 0.3 is 5.97 Å². The van der Waals surface area contributed by atoms with Crippen molar-refractivity contribution in [3.63, 3.8) is 0 Å². The number of ether oxygens (including phenoxy) is 1. The minimum atomic E-state index is -2.77. The van der Waals surface area contributed by atoms with E-state index in [4.69, 9.17) is 16.2 Å². The molecule has 1 rings (SSSR count). The van der Waals surface area contributed by atoms with Gasteiger partial charge in [-0.25, -0.2) is 8.78 Å². The largest absolute Gasteiger partial charge is 0.466 e. The number of aromatic nitrogens is 1. The van der Waals surface area contributed by atoms with Crippen molar-refractivity contribution in [2.24, 2.45) is 5.73 Å². The molecule has 0 fully saturated rings. The molecule has 0 unspecified atom stereocenters. The summed E-state index contributed by atoms with van der Waals surface area (Å²) in [5, 5.41) is 0. The monoisotopic (exact) mass is 259 g/mol. The van der Waals surface area contributed by atoms with E-state index < -0.39 is 18.1 Å². The predicted octanol–water partition coefficient (Wildman–Crippen LogP) is 1.17. The standard InChI is InChI=1S/C11H15F2N3O2/c1-2-18-8(17)3-6-5-16-10(11(12)13)9(15)7(6)4-14/h5,11H,2-4,14-15H2,1H3. The molecule has 0 bridgehead atoms. The van der Waals surface area contributed by atoms with Gasteiger partial charge in [-0.05, 0) is 18.1 Å². The predicted molar refractivity (Wildman–Crippen MR) is 61.8 cm³/mol. The topological polar surface area (TPSA) is 91.2 Å². The number of nitrogens with zero attached hydrogens (tertiary/aromatic N) is 1. The van der Waals surface area contributed by atoms with Crippen molar-refractivity contribution >= 4 is 11.7 Å². The number of anilines is 1. The highest BCUT2D eigenvalue weighted by Crippen LogP contribution is 2.27. The fraction of sp³-hybridized carbons (Fsp3) is 0.455. The molecule has 100 valence electrons. The first-order valence-electron chi connectivity index (χ1n) is 5.41. The number of nitrogen functional groups attached to an aromatic ring is 1. The highest BCUT2D eigenvalue weighted by Gasteiger charge is 2.19. The van der Waals surface area contributed by atoms with Gasteiger partial charge in [-0.3, -0.25) is 9.78 Å². The summed E-state index contributed by atoms with van der Waals surface area (Å²) in [5.74, 6) is -0.474. The molecule has 1 aromatic heterocycles. The summed E-state index contributed by atoms with van der Waals surface area (Å²) in [6.07, 6.45) is -1.66. The van der Waals surface area contributed by atoms with Crippen molar-refractivity contribution in [2.45, 2.75) is 26.3 Å². The zero-order valence-corrected chi connectivity index (χ0v) is 9.95. The van der Waals surface area contributed by atoms with Gasteiger partial charge in [0.2, 0.25) is 0 Å². The summed E-state index contributed by atoms with van der Waals surface area (Å²) < 4.78 is 29.9. The van der Waals surface area contributed by atoms with E-state index in [2.05, 4.69) is 4.98 Å². The lowest BCUT2D eigenvalue weighted by atomic mass is 10.0. The van der Waals surface area contributed by atoms with Crippen LogP contribution in [0.3, 0.4) is 0 Å². The Labute approximate surface area is 103 Å². The highest BCUT2D eigenvalue weighted by atomic mass is 19.3. The van der Waals surface area contributed by atoms with Crippen LogP contribution in [0.4, 0.5) is 14.5 Å². The van der Waals surface area contributed by atoms with Crippen molar-refractivity contribution in [2.75, 3.05) is 12.3 Å². The number of alkyl halides is 2. The van der Waals surface area contributed by atoms with Gasteiger partial charge in [0, 0.05) is 12.7 Å². The third kappa shape index (κ3) is 3.13. The summed E-state index contributed by atoms with van der Waals surface area (Å²) >= 11 is 0. The minimum Gasteiger partial charge on any atom is -0.466 e. The molecular weight excluding hydrogens is 244 g/mol. The second kappa shape index (κ2) is 6.25. The third-order valence-corrected chi connectivity index (χ3v) is 2.40. The van der Waals surface area contributed by atoms with Crippen LogP contribution in [-0.4, -0.2) is 17.6 Å². The van der Waals surface area contributed by atoms with E-state index in [0.29, 0.717) is 11.1 Å². The first kappa shape index (κ1) is 14.3. The van der Waals surface area contributed by atoms with Crippen LogP contribution < -0.4 is 11.5 Å². The molecule has 0 aliphatic carbocycles. The van der Waals surface area contributed by atoms with Crippen molar-refractivity contribution < 1.29 is 18.3 Å². The Morgan fingerprint density at radius 2 is 2.22 bits per heavy atom. The van der Waals surface area contributed by atoms with Gasteiger partial charge < -0.3 is 16.2 Å². The fourth-order valence-corrected chi connectivity index (χ4v) is 1.56. The molecule has 7 heteroatoms. The number of carbonyl (C=O) groups is 1. The SMILES string of the molecule is CCOC(=O)Cc1cnc(C(F)F)c(N)c1CN.